The molecule has 1 aromatic heterocycles. The Morgan fingerprint density at radius 1 is 1.19 bits per heavy atom. The van der Waals surface area contributed by atoms with E-state index in [9.17, 15) is 4.79 Å². The van der Waals surface area contributed by atoms with Gasteiger partial charge in [0.05, 0.1) is 28.7 Å². The second-order valence-corrected chi connectivity index (χ2v) is 6.47. The van der Waals surface area contributed by atoms with Gasteiger partial charge in [0.2, 0.25) is 0 Å². The molecule has 0 bridgehead atoms. The first-order chi connectivity index (χ1) is 13.1. The van der Waals surface area contributed by atoms with Gasteiger partial charge in [-0.15, -0.1) is 11.3 Å². The Hall–Kier alpha value is -2.81. The summed E-state index contributed by atoms with van der Waals surface area (Å²) < 4.78 is 11.1. The number of carbonyl (C=O) groups is 1. The summed E-state index contributed by atoms with van der Waals surface area (Å²) in [7, 11) is 0. The van der Waals surface area contributed by atoms with Gasteiger partial charge in [0.1, 0.15) is 12.4 Å². The Kier molecular flexibility index (Phi) is 8.37. The lowest BCUT2D eigenvalue weighted by Gasteiger charge is -2.16. The second kappa shape index (κ2) is 11.0. The average molecular weight is 389 g/mol. The third-order valence-corrected chi connectivity index (χ3v) is 4.62. The van der Waals surface area contributed by atoms with E-state index >= 15 is 0 Å². The SMILES string of the molecule is C=CN(/C=C(\N)c1ccc(C(=O)NO)s1)CCOCCOc1ccccc1. The summed E-state index contributed by atoms with van der Waals surface area (Å²) in [4.78, 5) is 14.3. The molecule has 1 aromatic carbocycles. The molecule has 0 saturated heterocycles. The lowest BCUT2D eigenvalue weighted by molar-refractivity contribution is 0.0711. The van der Waals surface area contributed by atoms with Crippen LogP contribution in [-0.4, -0.2) is 42.4 Å². The number of hydrogen-bond acceptors (Lipinski definition) is 7. The fraction of sp³-hybridized carbons (Fsp3) is 0.211. The van der Waals surface area contributed by atoms with Crippen LogP contribution in [0.25, 0.3) is 5.70 Å². The van der Waals surface area contributed by atoms with Crippen LogP contribution < -0.4 is 16.0 Å². The molecular weight excluding hydrogens is 366 g/mol. The number of carbonyl (C=O) groups excluding carboxylic acids is 1. The quantitative estimate of drug-likeness (QED) is 0.311. The number of nitrogens with one attached hydrogen (secondary N) is 1. The molecule has 1 heterocycles. The Bertz CT molecular complexity index is 761. The molecule has 0 fully saturated rings. The molecule has 0 unspecified atom stereocenters. The van der Waals surface area contributed by atoms with Crippen molar-refractivity contribution in [2.24, 2.45) is 5.73 Å². The van der Waals surface area contributed by atoms with Gasteiger partial charge in [-0.25, -0.2) is 5.48 Å². The van der Waals surface area contributed by atoms with Crippen LogP contribution in [0, 0.1) is 0 Å². The number of nitrogens with zero attached hydrogens (tertiary/aromatic N) is 1. The minimum Gasteiger partial charge on any atom is -0.491 e. The molecule has 0 spiro atoms. The van der Waals surface area contributed by atoms with E-state index in [-0.39, 0.29) is 0 Å². The van der Waals surface area contributed by atoms with Crippen molar-refractivity contribution in [3.05, 3.63) is 71.2 Å². The van der Waals surface area contributed by atoms with E-state index in [4.69, 9.17) is 20.4 Å². The standard InChI is InChI=1S/C19H23N3O4S/c1-2-22(10-11-25-12-13-26-15-6-4-3-5-7-15)14-16(20)17-8-9-18(27-17)19(23)21-24/h2-9,14,24H,1,10-13,20H2,(H,21,23)/b16-14-. The zero-order valence-electron chi connectivity index (χ0n) is 14.8. The zero-order valence-corrected chi connectivity index (χ0v) is 15.7. The molecule has 144 valence electrons. The molecule has 2 rings (SSSR count). The first kappa shape index (κ1) is 20.5. The van der Waals surface area contributed by atoms with Crippen molar-refractivity contribution in [2.75, 3.05) is 26.4 Å². The van der Waals surface area contributed by atoms with Gasteiger partial charge in [-0.2, -0.15) is 0 Å². The minimum absolute atomic E-state index is 0.371. The van der Waals surface area contributed by atoms with Crippen LogP contribution in [0.15, 0.2) is 61.4 Å². The monoisotopic (exact) mass is 389 g/mol. The summed E-state index contributed by atoms with van der Waals surface area (Å²) in [5.74, 6) is 0.250. The fourth-order valence-corrected chi connectivity index (χ4v) is 2.95. The van der Waals surface area contributed by atoms with Gasteiger partial charge in [-0.3, -0.25) is 10.0 Å². The maximum Gasteiger partial charge on any atom is 0.284 e. The van der Waals surface area contributed by atoms with Gasteiger partial charge in [0, 0.05) is 12.7 Å². The number of benzene rings is 1. The summed E-state index contributed by atoms with van der Waals surface area (Å²) in [6.45, 7) is 5.77. The molecule has 0 aliphatic rings. The van der Waals surface area contributed by atoms with Crippen molar-refractivity contribution in [1.82, 2.24) is 10.4 Å². The molecule has 1 amide bonds. The Morgan fingerprint density at radius 2 is 1.93 bits per heavy atom. The van der Waals surface area contributed by atoms with Crippen LogP contribution in [0.2, 0.25) is 0 Å². The van der Waals surface area contributed by atoms with Crippen LogP contribution in [0.5, 0.6) is 5.75 Å². The number of amides is 1. The van der Waals surface area contributed by atoms with E-state index < -0.39 is 5.91 Å². The summed E-state index contributed by atoms with van der Waals surface area (Å²) in [6.07, 6.45) is 3.37. The van der Waals surface area contributed by atoms with Gasteiger partial charge in [-0.1, -0.05) is 24.8 Å². The number of rotatable bonds is 11. The van der Waals surface area contributed by atoms with Crippen molar-refractivity contribution in [3.63, 3.8) is 0 Å². The topological polar surface area (TPSA) is 97.1 Å². The van der Waals surface area contributed by atoms with E-state index in [2.05, 4.69) is 6.58 Å². The number of thiophene rings is 1. The van der Waals surface area contributed by atoms with E-state index in [1.165, 1.54) is 11.3 Å². The predicted octanol–water partition coefficient (Wildman–Crippen LogP) is 2.67. The zero-order chi connectivity index (χ0) is 19.5. The van der Waals surface area contributed by atoms with Crippen LogP contribution >= 0.6 is 11.3 Å². The number of hydrogen-bond donors (Lipinski definition) is 3. The number of ether oxygens (including phenoxy) is 2. The first-order valence-corrected chi connectivity index (χ1v) is 9.11. The molecule has 0 aliphatic carbocycles. The van der Waals surface area contributed by atoms with Crippen molar-refractivity contribution in [1.29, 1.82) is 0 Å². The summed E-state index contributed by atoms with van der Waals surface area (Å²) in [5, 5.41) is 8.66. The van der Waals surface area contributed by atoms with Crippen LogP contribution in [-0.2, 0) is 4.74 Å². The van der Waals surface area contributed by atoms with Gasteiger partial charge >= 0.3 is 0 Å². The number of hydroxylamine groups is 1. The van der Waals surface area contributed by atoms with E-state index in [0.29, 0.717) is 36.9 Å². The maximum absolute atomic E-state index is 11.4. The van der Waals surface area contributed by atoms with Crippen molar-refractivity contribution in [2.45, 2.75) is 0 Å². The van der Waals surface area contributed by atoms with Crippen LogP contribution in [0.4, 0.5) is 0 Å². The van der Waals surface area contributed by atoms with Crippen molar-refractivity contribution < 1.29 is 19.5 Å². The Morgan fingerprint density at radius 3 is 2.63 bits per heavy atom. The largest absolute Gasteiger partial charge is 0.491 e. The highest BCUT2D eigenvalue weighted by atomic mass is 32.1. The number of nitrogens with two attached hydrogens (primary N) is 1. The first-order valence-electron chi connectivity index (χ1n) is 8.30. The highest BCUT2D eigenvalue weighted by Gasteiger charge is 2.10. The van der Waals surface area contributed by atoms with Gasteiger partial charge in [-0.05, 0) is 30.5 Å². The average Bonchev–Trinajstić information content (AvgIpc) is 3.20. The summed E-state index contributed by atoms with van der Waals surface area (Å²) in [5.41, 5.74) is 8.16. The molecule has 0 saturated carbocycles. The lowest BCUT2D eigenvalue weighted by Crippen LogP contribution is -2.19. The highest BCUT2D eigenvalue weighted by molar-refractivity contribution is 7.15. The fourth-order valence-electron chi connectivity index (χ4n) is 2.13. The minimum atomic E-state index is -0.564. The molecule has 0 radical (unpaired) electrons. The van der Waals surface area contributed by atoms with E-state index in [0.717, 1.165) is 10.6 Å². The van der Waals surface area contributed by atoms with Gasteiger partial charge < -0.3 is 20.1 Å². The van der Waals surface area contributed by atoms with Crippen molar-refractivity contribution in [3.8, 4) is 5.75 Å². The molecule has 2 aromatic rings. The molecule has 0 atom stereocenters. The highest BCUT2D eigenvalue weighted by Crippen LogP contribution is 2.21. The smallest absolute Gasteiger partial charge is 0.284 e. The predicted molar refractivity (Wildman–Crippen MR) is 105 cm³/mol. The third-order valence-electron chi connectivity index (χ3n) is 3.49. The Balaban J connectivity index is 1.74. The Labute approximate surface area is 162 Å². The third kappa shape index (κ3) is 6.78. The van der Waals surface area contributed by atoms with Crippen molar-refractivity contribution >= 4 is 22.9 Å². The summed E-state index contributed by atoms with van der Waals surface area (Å²) in [6, 6.07) is 12.9. The molecule has 4 N–H and O–H groups in total. The molecular formula is C19H23N3O4S. The molecule has 0 aliphatic heterocycles. The van der Waals surface area contributed by atoms with E-state index in [1.807, 2.05) is 30.3 Å². The van der Waals surface area contributed by atoms with Crippen LogP contribution in [0.1, 0.15) is 14.5 Å². The molecule has 7 nitrogen and oxygen atoms in total. The number of para-hydroxylation sites is 1. The molecule has 27 heavy (non-hydrogen) atoms. The normalized spacial score (nSPS) is 11.1. The van der Waals surface area contributed by atoms with Crippen LogP contribution in [0.3, 0.4) is 0 Å². The lowest BCUT2D eigenvalue weighted by atomic mass is 10.3. The second-order valence-electron chi connectivity index (χ2n) is 5.38. The van der Waals surface area contributed by atoms with Gasteiger partial charge in [0.15, 0.2) is 0 Å². The van der Waals surface area contributed by atoms with E-state index in [1.54, 1.807) is 34.9 Å². The summed E-state index contributed by atoms with van der Waals surface area (Å²) >= 11 is 1.18. The van der Waals surface area contributed by atoms with Gasteiger partial charge in [0.25, 0.3) is 5.91 Å². The maximum atomic E-state index is 11.4. The molecule has 8 heteroatoms.